The van der Waals surface area contributed by atoms with Crippen LogP contribution in [0.1, 0.15) is 12.5 Å². The van der Waals surface area contributed by atoms with E-state index in [-0.39, 0.29) is 15.9 Å². The van der Waals surface area contributed by atoms with E-state index in [0.717, 1.165) is 0 Å². The van der Waals surface area contributed by atoms with Crippen LogP contribution in [0.3, 0.4) is 0 Å². The molecule has 0 fully saturated rings. The molecule has 0 bridgehead atoms. The minimum absolute atomic E-state index is 0.0319. The van der Waals surface area contributed by atoms with E-state index in [4.69, 9.17) is 28.6 Å². The van der Waals surface area contributed by atoms with E-state index in [1.807, 2.05) is 6.07 Å². The summed E-state index contributed by atoms with van der Waals surface area (Å²) in [7, 11) is -3.93. The molecule has 1 N–H and O–H groups in total. The van der Waals surface area contributed by atoms with Gasteiger partial charge in [0.15, 0.2) is 5.84 Å². The summed E-state index contributed by atoms with van der Waals surface area (Å²) in [5.74, 6) is 0.0870. The Morgan fingerprint density at radius 3 is 2.38 bits per heavy atom. The Hall–Kier alpha value is -1.96. The van der Waals surface area contributed by atoms with Crippen LogP contribution in [0.15, 0.2) is 63.9 Å². The van der Waals surface area contributed by atoms with Gasteiger partial charge in [-0.1, -0.05) is 41.9 Å². The average molecular weight is 383 g/mol. The molecule has 0 unspecified atom stereocenters. The molecule has 24 heavy (non-hydrogen) atoms. The molecule has 0 saturated carbocycles. The fourth-order valence-electron chi connectivity index (χ4n) is 1.79. The first-order valence-electron chi connectivity index (χ1n) is 7.02. The van der Waals surface area contributed by atoms with E-state index in [2.05, 4.69) is 9.71 Å². The highest BCUT2D eigenvalue weighted by molar-refractivity contribution is 7.90. The third kappa shape index (κ3) is 5.02. The molecule has 0 aromatic heterocycles. The van der Waals surface area contributed by atoms with E-state index in [0.29, 0.717) is 17.2 Å². The monoisotopic (exact) mass is 382 g/mol. The quantitative estimate of drug-likeness (QED) is 0.498. The number of nitrogens with zero attached hydrogens (tertiary/aromatic N) is 1. The maximum atomic E-state index is 12.5. The summed E-state index contributed by atoms with van der Waals surface area (Å²) < 4.78 is 34.0. The zero-order valence-electron chi connectivity index (χ0n) is 12.8. The average Bonchev–Trinajstić information content (AvgIpc) is 2.55. The second-order valence-corrected chi connectivity index (χ2v) is 6.99. The van der Waals surface area contributed by atoms with E-state index >= 15 is 0 Å². The molecule has 2 aromatic carbocycles. The van der Waals surface area contributed by atoms with Gasteiger partial charge in [0.1, 0.15) is 0 Å². The van der Waals surface area contributed by atoms with Gasteiger partial charge in [-0.2, -0.15) is 8.42 Å². The number of rotatable bonds is 4. The van der Waals surface area contributed by atoms with Crippen molar-refractivity contribution in [1.82, 2.24) is 5.32 Å². The normalized spacial score (nSPS) is 11.8. The van der Waals surface area contributed by atoms with Crippen LogP contribution < -0.4 is 5.32 Å². The van der Waals surface area contributed by atoms with Crippen LogP contribution in [0.2, 0.25) is 5.02 Å². The maximum absolute atomic E-state index is 12.5. The van der Waals surface area contributed by atoms with Crippen molar-refractivity contribution < 1.29 is 13.2 Å². The molecule has 126 valence electrons. The second kappa shape index (κ2) is 8.23. The summed E-state index contributed by atoms with van der Waals surface area (Å²) in [6.45, 7) is 2.13. The zero-order valence-corrected chi connectivity index (χ0v) is 15.2. The number of thiocarbonyl (C=S) groups is 1. The van der Waals surface area contributed by atoms with Gasteiger partial charge in [-0.3, -0.25) is 0 Å². The molecule has 0 radical (unpaired) electrons. The summed E-state index contributed by atoms with van der Waals surface area (Å²) in [4.78, 5) is 0.0319. The standard InChI is InChI=1S/C16H15ClN2O3S2/c1-2-22-16(23)18-15(12-6-4-3-5-7-12)19-24(20,21)14-10-8-13(17)9-11-14/h3-11H,2H2,1H3,(H,18,19,23). The predicted octanol–water partition coefficient (Wildman–Crippen LogP) is 3.39. The molecular formula is C16H15ClN2O3S2. The van der Waals surface area contributed by atoms with Gasteiger partial charge < -0.3 is 10.1 Å². The first-order valence-corrected chi connectivity index (χ1v) is 9.24. The minimum atomic E-state index is -3.93. The number of sulfonamides is 1. The van der Waals surface area contributed by atoms with Gasteiger partial charge >= 0.3 is 0 Å². The summed E-state index contributed by atoms with van der Waals surface area (Å²) in [6, 6.07) is 14.6. The lowest BCUT2D eigenvalue weighted by atomic mass is 10.2. The first-order chi connectivity index (χ1) is 11.4. The first kappa shape index (κ1) is 18.4. The Morgan fingerprint density at radius 2 is 1.79 bits per heavy atom. The molecule has 0 spiro atoms. The van der Waals surface area contributed by atoms with E-state index in [9.17, 15) is 8.42 Å². The Labute approximate surface area is 151 Å². The molecule has 8 heteroatoms. The fourth-order valence-corrected chi connectivity index (χ4v) is 3.10. The zero-order chi connectivity index (χ0) is 17.6. The Kier molecular flexibility index (Phi) is 6.30. The van der Waals surface area contributed by atoms with E-state index in [1.165, 1.54) is 24.3 Å². The molecular weight excluding hydrogens is 368 g/mol. The number of amidine groups is 1. The molecule has 2 aromatic rings. The number of nitrogens with one attached hydrogen (secondary N) is 1. The van der Waals surface area contributed by atoms with Gasteiger partial charge in [-0.05, 0) is 43.4 Å². The van der Waals surface area contributed by atoms with Gasteiger partial charge in [0.25, 0.3) is 15.2 Å². The van der Waals surface area contributed by atoms with Crippen molar-refractivity contribution in [1.29, 1.82) is 0 Å². The lowest BCUT2D eigenvalue weighted by Crippen LogP contribution is -2.32. The molecule has 5 nitrogen and oxygen atoms in total. The van der Waals surface area contributed by atoms with Crippen molar-refractivity contribution >= 4 is 44.9 Å². The van der Waals surface area contributed by atoms with Crippen LogP contribution in [0.25, 0.3) is 0 Å². The topological polar surface area (TPSA) is 67.8 Å². The third-order valence-electron chi connectivity index (χ3n) is 2.87. The van der Waals surface area contributed by atoms with Crippen LogP contribution in [-0.2, 0) is 14.8 Å². The Morgan fingerprint density at radius 1 is 1.17 bits per heavy atom. The van der Waals surface area contributed by atoms with Gasteiger partial charge in [-0.25, -0.2) is 0 Å². The lowest BCUT2D eigenvalue weighted by Gasteiger charge is -2.11. The molecule has 0 heterocycles. The molecule has 0 atom stereocenters. The van der Waals surface area contributed by atoms with Crippen molar-refractivity contribution in [2.24, 2.45) is 4.40 Å². The number of hydrogen-bond acceptors (Lipinski definition) is 4. The van der Waals surface area contributed by atoms with Crippen molar-refractivity contribution in [3.63, 3.8) is 0 Å². The molecule has 0 amide bonds. The Balaban J connectivity index is 2.43. The number of ether oxygens (including phenoxy) is 1. The lowest BCUT2D eigenvalue weighted by molar-refractivity contribution is 0.327. The van der Waals surface area contributed by atoms with E-state index in [1.54, 1.807) is 31.2 Å². The van der Waals surface area contributed by atoms with E-state index < -0.39 is 10.0 Å². The van der Waals surface area contributed by atoms with Crippen molar-refractivity contribution in [3.8, 4) is 0 Å². The summed E-state index contributed by atoms with van der Waals surface area (Å²) in [5, 5.41) is 3.21. The largest absolute Gasteiger partial charge is 0.471 e. The number of hydrogen-bond donors (Lipinski definition) is 1. The maximum Gasteiger partial charge on any atom is 0.284 e. The molecule has 0 saturated heterocycles. The van der Waals surface area contributed by atoms with Crippen LogP contribution in [0, 0.1) is 0 Å². The SMILES string of the molecule is CCOC(=S)NC(=NS(=O)(=O)c1ccc(Cl)cc1)c1ccccc1. The van der Waals surface area contributed by atoms with Crippen LogP contribution in [-0.4, -0.2) is 26.0 Å². The molecule has 0 aliphatic heterocycles. The van der Waals surface area contributed by atoms with Crippen LogP contribution in [0.5, 0.6) is 0 Å². The van der Waals surface area contributed by atoms with Crippen LogP contribution in [0.4, 0.5) is 0 Å². The third-order valence-corrected chi connectivity index (χ3v) is 4.63. The highest BCUT2D eigenvalue weighted by atomic mass is 35.5. The number of benzene rings is 2. The molecule has 0 aliphatic carbocycles. The summed E-state index contributed by atoms with van der Waals surface area (Å²) in [6.07, 6.45) is 0. The van der Waals surface area contributed by atoms with Gasteiger partial charge in [0.05, 0.1) is 11.5 Å². The summed E-state index contributed by atoms with van der Waals surface area (Å²) in [5.41, 5.74) is 0.567. The highest BCUT2D eigenvalue weighted by Crippen LogP contribution is 2.17. The Bertz CT molecular complexity index is 835. The fraction of sp³-hybridized carbons (Fsp3) is 0.125. The predicted molar refractivity (Wildman–Crippen MR) is 99.0 cm³/mol. The van der Waals surface area contributed by atoms with Gasteiger partial charge in [0.2, 0.25) is 0 Å². The van der Waals surface area contributed by atoms with Gasteiger partial charge in [0, 0.05) is 10.6 Å². The van der Waals surface area contributed by atoms with Crippen molar-refractivity contribution in [2.75, 3.05) is 6.61 Å². The highest BCUT2D eigenvalue weighted by Gasteiger charge is 2.16. The van der Waals surface area contributed by atoms with Gasteiger partial charge in [-0.15, -0.1) is 4.40 Å². The van der Waals surface area contributed by atoms with Crippen LogP contribution >= 0.6 is 23.8 Å². The second-order valence-electron chi connectivity index (χ2n) is 4.58. The van der Waals surface area contributed by atoms with Crippen molar-refractivity contribution in [3.05, 3.63) is 65.2 Å². The minimum Gasteiger partial charge on any atom is -0.471 e. The van der Waals surface area contributed by atoms with Crippen molar-refractivity contribution in [2.45, 2.75) is 11.8 Å². The smallest absolute Gasteiger partial charge is 0.284 e. The number of halogens is 1. The molecule has 0 aliphatic rings. The molecule has 2 rings (SSSR count). The summed E-state index contributed by atoms with van der Waals surface area (Å²) >= 11 is 10.8.